The van der Waals surface area contributed by atoms with E-state index in [0.29, 0.717) is 62.7 Å². The van der Waals surface area contributed by atoms with Crippen molar-refractivity contribution < 1.29 is 13.2 Å². The molecule has 34 heavy (non-hydrogen) atoms. The first-order valence-electron chi connectivity index (χ1n) is 11.6. The minimum atomic E-state index is -3.61. The summed E-state index contributed by atoms with van der Waals surface area (Å²) in [5, 5.41) is 0. The van der Waals surface area contributed by atoms with Gasteiger partial charge in [0.1, 0.15) is 17.5 Å². The highest BCUT2D eigenvalue weighted by Gasteiger charge is 2.35. The smallest absolute Gasteiger partial charge is 0.243 e. The minimum absolute atomic E-state index is 0.137. The Kier molecular flexibility index (Phi) is 4.96. The molecule has 1 amide bonds. The van der Waals surface area contributed by atoms with Crippen LogP contribution in [0.15, 0.2) is 47.6 Å². The third-order valence-electron chi connectivity index (χ3n) is 6.91. The third kappa shape index (κ3) is 3.48. The average molecular weight is 479 g/mol. The van der Waals surface area contributed by atoms with Crippen LogP contribution in [0.5, 0.6) is 0 Å². The molecule has 2 aromatic heterocycles. The number of anilines is 2. The highest BCUT2D eigenvalue weighted by Crippen LogP contribution is 2.39. The lowest BCUT2D eigenvalue weighted by Gasteiger charge is -2.35. The fourth-order valence-corrected chi connectivity index (χ4v) is 6.72. The van der Waals surface area contributed by atoms with Gasteiger partial charge in [0.2, 0.25) is 15.9 Å². The van der Waals surface area contributed by atoms with Gasteiger partial charge in [-0.1, -0.05) is 0 Å². The van der Waals surface area contributed by atoms with Gasteiger partial charge < -0.3 is 14.4 Å². The van der Waals surface area contributed by atoms with Gasteiger partial charge in [0.15, 0.2) is 0 Å². The maximum atomic E-state index is 13.5. The van der Waals surface area contributed by atoms with Crippen LogP contribution in [-0.2, 0) is 27.7 Å². The van der Waals surface area contributed by atoms with Gasteiger partial charge >= 0.3 is 0 Å². The van der Waals surface area contributed by atoms with Gasteiger partial charge in [0.05, 0.1) is 10.6 Å². The van der Waals surface area contributed by atoms with Gasteiger partial charge in [-0.3, -0.25) is 4.79 Å². The van der Waals surface area contributed by atoms with Gasteiger partial charge in [-0.2, -0.15) is 4.31 Å². The molecule has 5 heterocycles. The van der Waals surface area contributed by atoms with E-state index < -0.39 is 10.0 Å². The number of amides is 1. The number of aryl methyl sites for hydroxylation is 2. The summed E-state index contributed by atoms with van der Waals surface area (Å²) in [7, 11) is -3.61. The molecule has 0 aliphatic carbocycles. The first kappa shape index (κ1) is 21.3. The molecule has 10 heteroatoms. The second kappa shape index (κ2) is 7.92. The summed E-state index contributed by atoms with van der Waals surface area (Å²) >= 11 is 0. The summed E-state index contributed by atoms with van der Waals surface area (Å²) in [6, 6.07) is 9.39. The van der Waals surface area contributed by atoms with Crippen molar-refractivity contribution in [2.24, 2.45) is 0 Å². The van der Waals surface area contributed by atoms with Gasteiger partial charge in [-0.25, -0.2) is 18.4 Å². The number of benzene rings is 1. The van der Waals surface area contributed by atoms with E-state index >= 15 is 0 Å². The molecule has 0 radical (unpaired) electrons. The van der Waals surface area contributed by atoms with E-state index in [9.17, 15) is 13.2 Å². The summed E-state index contributed by atoms with van der Waals surface area (Å²) in [5.41, 5.74) is 2.88. The molecule has 6 rings (SSSR count). The minimum Gasteiger partial charge on any atom is -0.354 e. The molecule has 0 atom stereocenters. The molecule has 0 unspecified atom stereocenters. The number of carbonyl (C=O) groups excluding carboxylic acids is 1. The van der Waals surface area contributed by atoms with Crippen LogP contribution < -0.4 is 9.80 Å². The van der Waals surface area contributed by atoms with Gasteiger partial charge in [-0.05, 0) is 55.2 Å². The van der Waals surface area contributed by atoms with Crippen LogP contribution >= 0.6 is 0 Å². The molecule has 3 aliphatic rings. The molecule has 0 spiro atoms. The number of hydrogen-bond donors (Lipinski definition) is 0. The van der Waals surface area contributed by atoms with Crippen molar-refractivity contribution in [2.45, 2.75) is 31.1 Å². The molecule has 0 saturated carbocycles. The predicted molar refractivity (Wildman–Crippen MR) is 128 cm³/mol. The molecular weight excluding hydrogens is 452 g/mol. The van der Waals surface area contributed by atoms with E-state index in [4.69, 9.17) is 0 Å². The fourth-order valence-electron chi connectivity index (χ4n) is 5.20. The van der Waals surface area contributed by atoms with Crippen molar-refractivity contribution in [1.82, 2.24) is 18.8 Å². The molecular formula is C24H26N6O3S. The van der Waals surface area contributed by atoms with E-state index in [1.807, 2.05) is 47.0 Å². The Morgan fingerprint density at radius 2 is 1.50 bits per heavy atom. The summed E-state index contributed by atoms with van der Waals surface area (Å²) in [6.07, 6.45) is 5.63. The lowest BCUT2D eigenvalue weighted by atomic mass is 10.00. The zero-order chi connectivity index (χ0) is 23.4. The Morgan fingerprint density at radius 3 is 2.24 bits per heavy atom. The zero-order valence-corrected chi connectivity index (χ0v) is 19.8. The van der Waals surface area contributed by atoms with Crippen molar-refractivity contribution in [3.8, 4) is 5.82 Å². The maximum absolute atomic E-state index is 13.5. The van der Waals surface area contributed by atoms with Crippen molar-refractivity contribution in [2.75, 3.05) is 42.5 Å². The number of rotatable bonds is 4. The molecule has 0 N–H and O–H groups in total. The molecule has 3 aliphatic heterocycles. The topological polar surface area (TPSA) is 91.6 Å². The van der Waals surface area contributed by atoms with E-state index in [1.54, 1.807) is 16.4 Å². The Bertz CT molecular complexity index is 1380. The highest BCUT2D eigenvalue weighted by molar-refractivity contribution is 7.89. The first-order chi connectivity index (χ1) is 16.4. The Hall–Kier alpha value is -3.24. The summed E-state index contributed by atoms with van der Waals surface area (Å²) in [6.45, 7) is 4.41. The van der Waals surface area contributed by atoms with Crippen LogP contribution in [0.4, 0.5) is 11.5 Å². The standard InChI is InChI=1S/C24H26N6O3S/c1-17-25-21(27-7-2-3-8-27)16-22(26-17)28-10-12-29(13-11-28)34(32,33)20-14-18-4-5-23(31)30-9-6-19(15-20)24(18)30/h2-3,7-8,14-16H,4-6,9-13H2,1H3. The van der Waals surface area contributed by atoms with Gasteiger partial charge in [0.25, 0.3) is 0 Å². The van der Waals surface area contributed by atoms with Gasteiger partial charge in [0, 0.05) is 57.6 Å². The molecule has 1 fully saturated rings. The lowest BCUT2D eigenvalue weighted by molar-refractivity contribution is -0.118. The molecule has 9 nitrogen and oxygen atoms in total. The van der Waals surface area contributed by atoms with Crippen molar-refractivity contribution in [3.63, 3.8) is 0 Å². The van der Waals surface area contributed by atoms with Gasteiger partial charge in [-0.15, -0.1) is 0 Å². The second-order valence-electron chi connectivity index (χ2n) is 9.00. The molecule has 3 aromatic rings. The largest absolute Gasteiger partial charge is 0.354 e. The second-order valence-corrected chi connectivity index (χ2v) is 10.9. The third-order valence-corrected chi connectivity index (χ3v) is 8.78. The van der Waals surface area contributed by atoms with Crippen LogP contribution in [0.1, 0.15) is 23.4 Å². The van der Waals surface area contributed by atoms with Crippen LogP contribution in [0.3, 0.4) is 0 Å². The Morgan fingerprint density at radius 1 is 0.824 bits per heavy atom. The highest BCUT2D eigenvalue weighted by atomic mass is 32.2. The van der Waals surface area contributed by atoms with E-state index in [-0.39, 0.29) is 5.91 Å². The van der Waals surface area contributed by atoms with Crippen molar-refractivity contribution in [1.29, 1.82) is 0 Å². The molecule has 1 aromatic carbocycles. The lowest BCUT2D eigenvalue weighted by Crippen LogP contribution is -2.49. The quantitative estimate of drug-likeness (QED) is 0.569. The molecule has 176 valence electrons. The summed E-state index contributed by atoms with van der Waals surface area (Å²) < 4.78 is 30.6. The first-order valence-corrected chi connectivity index (χ1v) is 13.0. The number of piperazine rings is 1. The number of aromatic nitrogens is 3. The summed E-state index contributed by atoms with van der Waals surface area (Å²) in [5.74, 6) is 2.41. The predicted octanol–water partition coefficient (Wildman–Crippen LogP) is 1.92. The number of nitrogens with zero attached hydrogens (tertiary/aromatic N) is 6. The van der Waals surface area contributed by atoms with E-state index in [2.05, 4.69) is 14.9 Å². The monoisotopic (exact) mass is 478 g/mol. The Balaban J connectivity index is 1.22. The number of hydrogen-bond acceptors (Lipinski definition) is 6. The fraction of sp³-hybridized carbons (Fsp3) is 0.375. The molecule has 1 saturated heterocycles. The van der Waals surface area contributed by atoms with Crippen LogP contribution in [0.2, 0.25) is 0 Å². The summed E-state index contributed by atoms with van der Waals surface area (Å²) in [4.78, 5) is 25.6. The van der Waals surface area contributed by atoms with Crippen LogP contribution in [0.25, 0.3) is 5.82 Å². The SMILES string of the molecule is Cc1nc(N2CCN(S(=O)(=O)c3cc4c5c(c3)CCN5C(=O)CC4)CC2)cc(-n2cccc2)n1. The van der Waals surface area contributed by atoms with Crippen LogP contribution in [-0.4, -0.2) is 65.9 Å². The normalized spacial score (nSPS) is 18.4. The number of sulfonamides is 1. The zero-order valence-electron chi connectivity index (χ0n) is 19.0. The number of carbonyl (C=O) groups is 1. The van der Waals surface area contributed by atoms with Crippen molar-refractivity contribution >= 4 is 27.4 Å². The Labute approximate surface area is 198 Å². The van der Waals surface area contributed by atoms with Crippen LogP contribution in [0, 0.1) is 6.92 Å². The van der Waals surface area contributed by atoms with Crippen molar-refractivity contribution in [3.05, 3.63) is 59.7 Å². The maximum Gasteiger partial charge on any atom is 0.243 e. The molecule has 0 bridgehead atoms. The van der Waals surface area contributed by atoms with E-state index in [0.717, 1.165) is 28.5 Å². The average Bonchev–Trinajstić information content (AvgIpc) is 3.52. The van der Waals surface area contributed by atoms with E-state index in [1.165, 1.54) is 0 Å².